The summed E-state index contributed by atoms with van der Waals surface area (Å²) in [4.78, 5) is 51.3. The number of aromatic nitrogens is 2. The van der Waals surface area contributed by atoms with Gasteiger partial charge in [-0.1, -0.05) is 18.2 Å². The first-order valence-corrected chi connectivity index (χ1v) is 14.7. The summed E-state index contributed by atoms with van der Waals surface area (Å²) in [6, 6.07) is 13.7. The van der Waals surface area contributed by atoms with Crippen molar-refractivity contribution >= 4 is 35.2 Å². The first kappa shape index (κ1) is 32.4. The molecule has 0 bridgehead atoms. The van der Waals surface area contributed by atoms with Crippen molar-refractivity contribution < 1.29 is 23.9 Å². The Morgan fingerprint density at radius 3 is 2.36 bits per heavy atom. The van der Waals surface area contributed by atoms with E-state index in [2.05, 4.69) is 30.8 Å². The number of amides is 4. The van der Waals surface area contributed by atoms with Gasteiger partial charge in [-0.15, -0.1) is 0 Å². The molecule has 4 amide bonds. The van der Waals surface area contributed by atoms with E-state index in [9.17, 15) is 14.4 Å². The lowest BCUT2D eigenvalue weighted by atomic mass is 10.2. The molecule has 1 aromatic carbocycles. The number of urea groups is 1. The van der Waals surface area contributed by atoms with Crippen LogP contribution in [-0.2, 0) is 16.0 Å². The Labute approximate surface area is 258 Å². The van der Waals surface area contributed by atoms with Crippen LogP contribution in [0.3, 0.4) is 0 Å². The Kier molecular flexibility index (Phi) is 11.2. The lowest BCUT2D eigenvalue weighted by Gasteiger charge is -2.28. The first-order valence-electron chi connectivity index (χ1n) is 14.7. The monoisotopic (exact) mass is 603 g/mol. The summed E-state index contributed by atoms with van der Waals surface area (Å²) in [5, 5.41) is 8.37. The van der Waals surface area contributed by atoms with Crippen molar-refractivity contribution in [3.8, 4) is 0 Å². The quantitative estimate of drug-likeness (QED) is 0.290. The molecule has 3 heterocycles. The number of nitrogens with one attached hydrogen (secondary N) is 3. The Morgan fingerprint density at radius 2 is 1.70 bits per heavy atom. The molecule has 4 rings (SSSR count). The average molecular weight is 604 g/mol. The topological polar surface area (TPSA) is 138 Å². The molecular weight excluding hydrogens is 562 g/mol. The predicted octanol–water partition coefficient (Wildman–Crippen LogP) is 5.14. The summed E-state index contributed by atoms with van der Waals surface area (Å²) >= 11 is 0. The summed E-state index contributed by atoms with van der Waals surface area (Å²) in [5.41, 5.74) is 2.09. The van der Waals surface area contributed by atoms with Gasteiger partial charge in [-0.3, -0.25) is 25.3 Å². The fourth-order valence-electron chi connectivity index (χ4n) is 4.53. The molecular formula is C32H41N7O5. The van der Waals surface area contributed by atoms with Gasteiger partial charge in [-0.2, -0.15) is 0 Å². The van der Waals surface area contributed by atoms with E-state index in [0.29, 0.717) is 30.3 Å². The maximum Gasteiger partial charge on any atom is 0.412 e. The van der Waals surface area contributed by atoms with Crippen molar-refractivity contribution in [1.29, 1.82) is 0 Å². The average Bonchev–Trinajstić information content (AvgIpc) is 2.97. The molecule has 0 radical (unpaired) electrons. The number of hydrogen-bond donors (Lipinski definition) is 3. The normalized spacial score (nSPS) is 13.5. The second-order valence-corrected chi connectivity index (χ2v) is 11.6. The molecule has 44 heavy (non-hydrogen) atoms. The van der Waals surface area contributed by atoms with E-state index < -0.39 is 17.6 Å². The van der Waals surface area contributed by atoms with Crippen molar-refractivity contribution in [1.82, 2.24) is 19.8 Å². The van der Waals surface area contributed by atoms with Crippen LogP contribution in [0.1, 0.15) is 48.8 Å². The van der Waals surface area contributed by atoms with E-state index in [-0.39, 0.29) is 11.7 Å². The van der Waals surface area contributed by atoms with E-state index in [1.807, 2.05) is 19.1 Å². The Balaban J connectivity index is 1.40. The zero-order chi connectivity index (χ0) is 31.5. The summed E-state index contributed by atoms with van der Waals surface area (Å²) in [5.74, 6) is 0.0420. The zero-order valence-corrected chi connectivity index (χ0v) is 25.8. The van der Waals surface area contributed by atoms with Gasteiger partial charge in [0, 0.05) is 45.1 Å². The second-order valence-electron chi connectivity index (χ2n) is 11.6. The van der Waals surface area contributed by atoms with Crippen LogP contribution >= 0.6 is 0 Å². The molecule has 0 atom stereocenters. The zero-order valence-electron chi connectivity index (χ0n) is 25.8. The van der Waals surface area contributed by atoms with E-state index in [1.54, 1.807) is 74.5 Å². The highest BCUT2D eigenvalue weighted by Crippen LogP contribution is 2.23. The number of carbonyl (C=O) groups is 3. The number of rotatable bonds is 10. The number of pyridine rings is 2. The number of ether oxygens (including phenoxy) is 2. The van der Waals surface area contributed by atoms with Gasteiger partial charge in [0.2, 0.25) is 0 Å². The largest absolute Gasteiger partial charge is 0.444 e. The third kappa shape index (κ3) is 10.3. The van der Waals surface area contributed by atoms with Crippen molar-refractivity contribution in [3.63, 3.8) is 0 Å². The highest BCUT2D eigenvalue weighted by atomic mass is 16.6. The number of para-hydroxylation sites is 2. The minimum absolute atomic E-state index is 0.188. The molecule has 0 aliphatic carbocycles. The molecule has 1 aliphatic rings. The molecule has 1 saturated heterocycles. The van der Waals surface area contributed by atoms with Gasteiger partial charge in [0.05, 0.1) is 24.6 Å². The number of morpholine rings is 1. The lowest BCUT2D eigenvalue weighted by molar-refractivity contribution is 0.0365. The number of carbonyl (C=O) groups excluding carboxylic acids is 3. The van der Waals surface area contributed by atoms with Crippen LogP contribution in [0.15, 0.2) is 60.9 Å². The fourth-order valence-corrected chi connectivity index (χ4v) is 4.53. The third-order valence-electron chi connectivity index (χ3n) is 6.69. The number of aryl methyl sites for hydroxylation is 1. The van der Waals surface area contributed by atoms with Crippen LogP contribution in [0.5, 0.6) is 0 Å². The van der Waals surface area contributed by atoms with Crippen molar-refractivity contribution in [2.24, 2.45) is 0 Å². The van der Waals surface area contributed by atoms with Crippen LogP contribution in [-0.4, -0.2) is 82.8 Å². The van der Waals surface area contributed by atoms with Crippen molar-refractivity contribution in [2.75, 3.05) is 55.3 Å². The molecule has 0 saturated carbocycles. The lowest BCUT2D eigenvalue weighted by Crippen LogP contribution is -2.40. The number of hydrogen-bond acceptors (Lipinski definition) is 8. The van der Waals surface area contributed by atoms with E-state index in [1.165, 1.54) is 0 Å². The molecule has 234 valence electrons. The Morgan fingerprint density at radius 1 is 0.977 bits per heavy atom. The van der Waals surface area contributed by atoms with Crippen LogP contribution in [0.2, 0.25) is 0 Å². The van der Waals surface area contributed by atoms with Crippen molar-refractivity contribution in [3.05, 3.63) is 77.7 Å². The molecule has 1 fully saturated rings. The van der Waals surface area contributed by atoms with Gasteiger partial charge >= 0.3 is 12.1 Å². The minimum atomic E-state index is -0.662. The second kappa shape index (κ2) is 15.3. The maximum atomic E-state index is 13.3. The van der Waals surface area contributed by atoms with Gasteiger partial charge in [0.1, 0.15) is 17.1 Å². The van der Waals surface area contributed by atoms with Crippen molar-refractivity contribution in [2.45, 2.75) is 46.3 Å². The highest BCUT2D eigenvalue weighted by Gasteiger charge is 2.19. The van der Waals surface area contributed by atoms with E-state index >= 15 is 0 Å². The molecule has 1 aliphatic heterocycles. The Bertz CT molecular complexity index is 1420. The summed E-state index contributed by atoms with van der Waals surface area (Å²) in [7, 11) is 0. The standard InChI is InChI=1S/C32H41N7O5/c1-23-12-13-33-28(20-23)37-30(41)39(15-7-14-38-16-18-43-19-17-38)22-24-10-11-27(34-21-24)29(40)35-25-8-5-6-9-26(25)36-31(42)44-32(2,3)4/h5-6,8-13,20-21H,7,14-19,22H2,1-4H3,(H,35,40)(H,36,42)(H,33,37,41). The van der Waals surface area contributed by atoms with Crippen LogP contribution in [0, 0.1) is 6.92 Å². The fraction of sp³-hybridized carbons (Fsp3) is 0.406. The van der Waals surface area contributed by atoms with Gasteiger partial charge in [0.25, 0.3) is 5.91 Å². The van der Waals surface area contributed by atoms with Gasteiger partial charge < -0.3 is 19.7 Å². The Hall–Kier alpha value is -4.55. The molecule has 0 unspecified atom stereocenters. The summed E-state index contributed by atoms with van der Waals surface area (Å²) < 4.78 is 10.8. The summed E-state index contributed by atoms with van der Waals surface area (Å²) in [6.45, 7) is 12.2. The maximum absolute atomic E-state index is 13.3. The number of nitrogens with zero attached hydrogens (tertiary/aromatic N) is 4. The number of anilines is 3. The molecule has 12 heteroatoms. The third-order valence-corrected chi connectivity index (χ3v) is 6.69. The summed E-state index contributed by atoms with van der Waals surface area (Å²) in [6.07, 6.45) is 3.41. The van der Waals surface area contributed by atoms with Crippen LogP contribution in [0.25, 0.3) is 0 Å². The van der Waals surface area contributed by atoms with Gasteiger partial charge in [-0.05, 0) is 75.6 Å². The smallest absolute Gasteiger partial charge is 0.412 e. The molecule has 3 N–H and O–H groups in total. The minimum Gasteiger partial charge on any atom is -0.444 e. The molecule has 3 aromatic rings. The molecule has 12 nitrogen and oxygen atoms in total. The molecule has 2 aromatic heterocycles. The van der Waals surface area contributed by atoms with Crippen LogP contribution in [0.4, 0.5) is 26.8 Å². The van der Waals surface area contributed by atoms with E-state index in [0.717, 1.165) is 50.4 Å². The number of benzene rings is 1. The molecule has 0 spiro atoms. The van der Waals surface area contributed by atoms with Gasteiger partial charge in [0.15, 0.2) is 0 Å². The van der Waals surface area contributed by atoms with E-state index in [4.69, 9.17) is 9.47 Å². The predicted molar refractivity (Wildman–Crippen MR) is 169 cm³/mol. The van der Waals surface area contributed by atoms with Crippen LogP contribution < -0.4 is 16.0 Å². The highest BCUT2D eigenvalue weighted by molar-refractivity contribution is 6.05. The SMILES string of the molecule is Cc1ccnc(NC(=O)N(CCCN2CCOCC2)Cc2ccc(C(=O)Nc3ccccc3NC(=O)OC(C)(C)C)nc2)c1. The first-order chi connectivity index (χ1) is 21.1. The van der Waals surface area contributed by atoms with Gasteiger partial charge in [-0.25, -0.2) is 14.6 Å².